The zero-order chi connectivity index (χ0) is 35.9. The Kier molecular flexibility index (Phi) is 11.5. The number of sulfonamides is 2. The molecule has 0 spiro atoms. The second-order valence-corrected chi connectivity index (χ2v) is 16.6. The number of hydrogen-bond acceptors (Lipinski definition) is 9. The highest BCUT2D eigenvalue weighted by atomic mass is 32.2. The van der Waals surface area contributed by atoms with Crippen LogP contribution in [0.15, 0.2) is 107 Å². The largest absolute Gasteiger partial charge is 0.397 e. The maximum atomic E-state index is 12.7. The molecule has 0 saturated heterocycles. The van der Waals surface area contributed by atoms with Crippen molar-refractivity contribution >= 4 is 54.2 Å². The first kappa shape index (κ1) is 36.5. The number of benzene rings is 4. The molecule has 0 radical (unpaired) electrons. The standard InChI is InChI=1S/C18H21N3O4S.C18H23N3O2S/c1-20(26(24,25)16-8-3-2-4-9-16)15-10-11-17(18(12-15)21(22)23)19-13-14-6-5-7-14;1-21(24(22,23)16-8-3-2-4-9-16)15-10-11-18(17(19)12-15)20-13-14-6-5-7-14/h2-4,8-12,14,19H,5-7,13H2,1H3;2-4,8-12,14,20H,5-7,13,19H2,1H3. The SMILES string of the molecule is CN(c1ccc(NCC2CCC2)c(N)c1)S(=O)(=O)c1ccccc1.CN(c1ccc(NCC2CCC2)c([N+](=O)[O-])c1)S(=O)(=O)c1ccccc1. The smallest absolute Gasteiger partial charge is 0.294 e. The number of nitro groups is 1. The van der Waals surface area contributed by atoms with Crippen molar-refractivity contribution < 1.29 is 21.8 Å². The van der Waals surface area contributed by atoms with Crippen molar-refractivity contribution in [2.75, 3.05) is 52.2 Å². The molecule has 0 aliphatic heterocycles. The fourth-order valence-corrected chi connectivity index (χ4v) is 8.02. The molecule has 50 heavy (non-hydrogen) atoms. The maximum absolute atomic E-state index is 12.7. The minimum absolute atomic E-state index is 0.128. The summed E-state index contributed by atoms with van der Waals surface area (Å²) in [5.74, 6) is 1.28. The lowest BCUT2D eigenvalue weighted by Crippen LogP contribution is -2.26. The Bertz CT molecular complexity index is 1990. The molecule has 12 nitrogen and oxygen atoms in total. The minimum atomic E-state index is -3.78. The molecular formula is C36H44N6O6S2. The average Bonchev–Trinajstić information content (AvgIpc) is 3.08. The predicted molar refractivity (Wildman–Crippen MR) is 200 cm³/mol. The fraction of sp³-hybridized carbons (Fsp3) is 0.333. The molecule has 14 heteroatoms. The molecule has 4 aromatic rings. The van der Waals surface area contributed by atoms with Crippen LogP contribution in [0, 0.1) is 22.0 Å². The van der Waals surface area contributed by atoms with Crippen molar-refractivity contribution in [2.45, 2.75) is 48.3 Å². The highest BCUT2D eigenvalue weighted by Gasteiger charge is 2.26. The first-order chi connectivity index (χ1) is 23.9. The van der Waals surface area contributed by atoms with Gasteiger partial charge in [0.1, 0.15) is 5.69 Å². The Balaban J connectivity index is 0.000000195. The van der Waals surface area contributed by atoms with Crippen LogP contribution in [0.5, 0.6) is 0 Å². The molecule has 2 aliphatic rings. The van der Waals surface area contributed by atoms with E-state index in [4.69, 9.17) is 5.73 Å². The van der Waals surface area contributed by atoms with E-state index in [9.17, 15) is 26.9 Å². The van der Waals surface area contributed by atoms with E-state index in [2.05, 4.69) is 10.6 Å². The summed E-state index contributed by atoms with van der Waals surface area (Å²) in [6.07, 6.45) is 7.32. The molecule has 266 valence electrons. The highest BCUT2D eigenvalue weighted by Crippen LogP contribution is 2.34. The van der Waals surface area contributed by atoms with Gasteiger partial charge in [-0.15, -0.1) is 0 Å². The molecule has 4 N–H and O–H groups in total. The van der Waals surface area contributed by atoms with Gasteiger partial charge >= 0.3 is 0 Å². The van der Waals surface area contributed by atoms with Gasteiger partial charge in [-0.1, -0.05) is 49.2 Å². The number of rotatable bonds is 13. The molecule has 2 fully saturated rings. The minimum Gasteiger partial charge on any atom is -0.397 e. The average molecular weight is 721 g/mol. The summed E-state index contributed by atoms with van der Waals surface area (Å²) >= 11 is 0. The summed E-state index contributed by atoms with van der Waals surface area (Å²) in [7, 11) is -4.43. The van der Waals surface area contributed by atoms with Crippen LogP contribution in [0.3, 0.4) is 0 Å². The normalized spacial score (nSPS) is 14.7. The van der Waals surface area contributed by atoms with Gasteiger partial charge in [0.05, 0.1) is 37.5 Å². The van der Waals surface area contributed by atoms with Crippen LogP contribution in [0.25, 0.3) is 0 Å². The topological polar surface area (TPSA) is 168 Å². The quantitative estimate of drug-likeness (QED) is 0.0753. The Morgan fingerprint density at radius 1 is 0.680 bits per heavy atom. The number of hydrogen-bond donors (Lipinski definition) is 3. The van der Waals surface area contributed by atoms with E-state index in [-0.39, 0.29) is 21.2 Å². The van der Waals surface area contributed by atoms with Gasteiger partial charge in [-0.25, -0.2) is 16.8 Å². The van der Waals surface area contributed by atoms with Gasteiger partial charge in [0, 0.05) is 33.3 Å². The maximum Gasteiger partial charge on any atom is 0.294 e. The summed E-state index contributed by atoms with van der Waals surface area (Å²) in [4.78, 5) is 11.4. The lowest BCUT2D eigenvalue weighted by atomic mass is 9.85. The monoisotopic (exact) mass is 720 g/mol. The third kappa shape index (κ3) is 8.48. The highest BCUT2D eigenvalue weighted by molar-refractivity contribution is 7.93. The van der Waals surface area contributed by atoms with E-state index in [0.717, 1.165) is 35.3 Å². The fourth-order valence-electron chi connectivity index (χ4n) is 5.60. The van der Waals surface area contributed by atoms with Crippen LogP contribution < -0.4 is 25.0 Å². The lowest BCUT2D eigenvalue weighted by Gasteiger charge is -2.26. The summed E-state index contributed by atoms with van der Waals surface area (Å²) in [6, 6.07) is 26.1. The third-order valence-electron chi connectivity index (χ3n) is 9.36. The zero-order valence-corrected chi connectivity index (χ0v) is 29.9. The Hall–Kier alpha value is -4.82. The molecule has 6 rings (SSSR count). The molecular weight excluding hydrogens is 677 g/mol. The molecule has 0 amide bonds. The summed E-state index contributed by atoms with van der Waals surface area (Å²) in [5.41, 5.74) is 8.59. The molecule has 2 aliphatic carbocycles. The molecule has 0 atom stereocenters. The van der Waals surface area contributed by atoms with Crippen LogP contribution in [-0.4, -0.2) is 48.9 Å². The second-order valence-electron chi connectivity index (χ2n) is 12.7. The number of nitrogens with zero attached hydrogens (tertiary/aromatic N) is 3. The van der Waals surface area contributed by atoms with Crippen LogP contribution in [0.1, 0.15) is 38.5 Å². The van der Waals surface area contributed by atoms with Gasteiger partial charge in [-0.2, -0.15) is 0 Å². The predicted octanol–water partition coefficient (Wildman–Crippen LogP) is 6.94. The number of nitrogens with two attached hydrogens (primary N) is 1. The zero-order valence-electron chi connectivity index (χ0n) is 28.2. The number of anilines is 5. The van der Waals surface area contributed by atoms with Crippen molar-refractivity contribution in [3.05, 3.63) is 107 Å². The van der Waals surface area contributed by atoms with Gasteiger partial charge in [-0.3, -0.25) is 18.7 Å². The Labute approximate surface area is 294 Å². The Morgan fingerprint density at radius 2 is 1.10 bits per heavy atom. The van der Waals surface area contributed by atoms with E-state index in [1.54, 1.807) is 79.8 Å². The van der Waals surface area contributed by atoms with Gasteiger partial charge in [0.25, 0.3) is 25.7 Å². The van der Waals surface area contributed by atoms with Crippen LogP contribution in [0.4, 0.5) is 34.1 Å². The molecule has 0 bridgehead atoms. The third-order valence-corrected chi connectivity index (χ3v) is 13.0. The lowest BCUT2D eigenvalue weighted by molar-refractivity contribution is -0.383. The van der Waals surface area contributed by atoms with Crippen molar-refractivity contribution in [2.24, 2.45) is 11.8 Å². The summed E-state index contributed by atoms with van der Waals surface area (Å²) in [5, 5.41) is 17.9. The van der Waals surface area contributed by atoms with E-state index in [1.165, 1.54) is 55.2 Å². The van der Waals surface area contributed by atoms with E-state index < -0.39 is 25.0 Å². The number of nitrogens with one attached hydrogen (secondary N) is 2. The number of nitrogen functional groups attached to an aromatic ring is 1. The van der Waals surface area contributed by atoms with Gasteiger partial charge in [0.2, 0.25) is 0 Å². The van der Waals surface area contributed by atoms with Crippen molar-refractivity contribution in [3.8, 4) is 0 Å². The molecule has 2 saturated carbocycles. The number of nitro benzene ring substituents is 1. The van der Waals surface area contributed by atoms with Gasteiger partial charge in [0.15, 0.2) is 0 Å². The van der Waals surface area contributed by atoms with Gasteiger partial charge in [-0.05, 0) is 92.1 Å². The molecule has 0 unspecified atom stereocenters. The first-order valence-electron chi connectivity index (χ1n) is 16.6. The van der Waals surface area contributed by atoms with E-state index >= 15 is 0 Å². The van der Waals surface area contributed by atoms with Gasteiger partial charge < -0.3 is 16.4 Å². The van der Waals surface area contributed by atoms with Crippen molar-refractivity contribution in [3.63, 3.8) is 0 Å². The van der Waals surface area contributed by atoms with Crippen LogP contribution >= 0.6 is 0 Å². The Morgan fingerprint density at radius 3 is 1.50 bits per heavy atom. The van der Waals surface area contributed by atoms with E-state index in [0.29, 0.717) is 29.5 Å². The van der Waals surface area contributed by atoms with E-state index in [1.807, 2.05) is 6.07 Å². The summed E-state index contributed by atoms with van der Waals surface area (Å²) < 4.78 is 53.0. The van der Waals surface area contributed by atoms with Crippen LogP contribution in [-0.2, 0) is 20.0 Å². The summed E-state index contributed by atoms with van der Waals surface area (Å²) in [6.45, 7) is 1.61. The second kappa shape index (κ2) is 15.8. The first-order valence-corrected chi connectivity index (χ1v) is 19.5. The molecule has 0 aromatic heterocycles. The van der Waals surface area contributed by atoms with Crippen molar-refractivity contribution in [1.82, 2.24) is 0 Å². The van der Waals surface area contributed by atoms with Crippen molar-refractivity contribution in [1.29, 1.82) is 0 Å². The molecule has 4 aromatic carbocycles. The van der Waals surface area contributed by atoms with Crippen LogP contribution in [0.2, 0.25) is 0 Å². The molecule has 0 heterocycles.